The highest BCUT2D eigenvalue weighted by molar-refractivity contribution is 5.92. The third-order valence-electron chi connectivity index (χ3n) is 3.19. The first-order valence-electron chi connectivity index (χ1n) is 6.53. The number of carbonyl (C=O) groups is 1. The molecule has 1 aromatic rings. The van der Waals surface area contributed by atoms with Crippen LogP contribution in [0.2, 0.25) is 0 Å². The van der Waals surface area contributed by atoms with Crippen molar-refractivity contribution < 1.29 is 9.90 Å². The van der Waals surface area contributed by atoms with Gasteiger partial charge in [0, 0.05) is 5.92 Å². The standard InChI is InChI=1S/C17H22O2/c1-12-7-8-17(16(10-12)6-5-9-18)14(3)11-13(2)15(4)19/h5-8,10-11,14,18H,9H2,1-4H3/b6-5+,13-11+/t14-/m1/s1. The molecule has 0 aliphatic rings. The van der Waals surface area contributed by atoms with E-state index < -0.39 is 0 Å². The van der Waals surface area contributed by atoms with Crippen LogP contribution < -0.4 is 0 Å². The fourth-order valence-corrected chi connectivity index (χ4v) is 2.01. The van der Waals surface area contributed by atoms with Crippen LogP contribution >= 0.6 is 0 Å². The number of aliphatic hydroxyl groups is 1. The van der Waals surface area contributed by atoms with E-state index in [1.165, 1.54) is 5.56 Å². The smallest absolute Gasteiger partial charge is 0.155 e. The number of aliphatic hydroxyl groups excluding tert-OH is 1. The van der Waals surface area contributed by atoms with Gasteiger partial charge in [0.2, 0.25) is 0 Å². The zero-order chi connectivity index (χ0) is 14.4. The van der Waals surface area contributed by atoms with Gasteiger partial charge in [-0.25, -0.2) is 0 Å². The number of carbonyl (C=O) groups excluding carboxylic acids is 1. The van der Waals surface area contributed by atoms with E-state index in [9.17, 15) is 4.79 Å². The molecular weight excluding hydrogens is 236 g/mol. The number of aryl methyl sites for hydroxylation is 1. The second-order valence-corrected chi connectivity index (χ2v) is 4.91. The SMILES string of the molecule is CC(=O)/C(C)=C/[C@@H](C)c1ccc(C)cc1/C=C/CO. The zero-order valence-electron chi connectivity index (χ0n) is 12.1. The Morgan fingerprint density at radius 1 is 1.37 bits per heavy atom. The monoisotopic (exact) mass is 258 g/mol. The lowest BCUT2D eigenvalue weighted by Crippen LogP contribution is -1.99. The first kappa shape index (κ1) is 15.4. The van der Waals surface area contributed by atoms with Crippen LogP contribution in [-0.2, 0) is 4.79 Å². The van der Waals surface area contributed by atoms with Crippen molar-refractivity contribution in [3.63, 3.8) is 0 Å². The fraction of sp³-hybridized carbons (Fsp3) is 0.353. The van der Waals surface area contributed by atoms with Crippen LogP contribution in [0, 0.1) is 6.92 Å². The molecule has 2 heteroatoms. The summed E-state index contributed by atoms with van der Waals surface area (Å²) in [5, 5.41) is 8.90. The van der Waals surface area contributed by atoms with E-state index in [2.05, 4.69) is 25.1 Å². The molecule has 0 spiro atoms. The second kappa shape index (κ2) is 7.05. The van der Waals surface area contributed by atoms with Crippen LogP contribution in [0.25, 0.3) is 6.08 Å². The molecule has 1 rings (SSSR count). The summed E-state index contributed by atoms with van der Waals surface area (Å²) in [5.74, 6) is 0.272. The van der Waals surface area contributed by atoms with Crippen molar-refractivity contribution in [1.82, 2.24) is 0 Å². The highest BCUT2D eigenvalue weighted by Gasteiger charge is 2.08. The Morgan fingerprint density at radius 3 is 2.63 bits per heavy atom. The Bertz CT molecular complexity index is 510. The van der Waals surface area contributed by atoms with Gasteiger partial charge in [-0.3, -0.25) is 4.79 Å². The van der Waals surface area contributed by atoms with Gasteiger partial charge in [-0.05, 0) is 37.5 Å². The molecule has 0 unspecified atom stereocenters. The number of Topliss-reactive ketones (excluding diaryl/α,β-unsaturated/α-hetero) is 1. The molecule has 0 aliphatic heterocycles. The molecule has 0 aliphatic carbocycles. The van der Waals surface area contributed by atoms with E-state index in [1.54, 1.807) is 13.0 Å². The number of rotatable bonds is 5. The maximum absolute atomic E-state index is 11.3. The lowest BCUT2D eigenvalue weighted by atomic mass is 9.92. The lowest BCUT2D eigenvalue weighted by molar-refractivity contribution is -0.113. The molecule has 0 saturated carbocycles. The Hall–Kier alpha value is -1.67. The molecule has 1 atom stereocenters. The van der Waals surface area contributed by atoms with Gasteiger partial charge < -0.3 is 5.11 Å². The highest BCUT2D eigenvalue weighted by Crippen LogP contribution is 2.24. The second-order valence-electron chi connectivity index (χ2n) is 4.91. The summed E-state index contributed by atoms with van der Waals surface area (Å²) in [5.41, 5.74) is 4.22. The van der Waals surface area contributed by atoms with Crippen LogP contribution in [0.1, 0.15) is 43.4 Å². The van der Waals surface area contributed by atoms with E-state index in [4.69, 9.17) is 5.11 Å². The molecule has 0 saturated heterocycles. The van der Waals surface area contributed by atoms with Crippen LogP contribution in [0.4, 0.5) is 0 Å². The Morgan fingerprint density at radius 2 is 2.05 bits per heavy atom. The van der Waals surface area contributed by atoms with Crippen LogP contribution in [0.5, 0.6) is 0 Å². The first-order chi connectivity index (χ1) is 8.95. The summed E-state index contributed by atoms with van der Waals surface area (Å²) < 4.78 is 0. The number of hydrogen-bond acceptors (Lipinski definition) is 2. The molecule has 0 bridgehead atoms. The topological polar surface area (TPSA) is 37.3 Å². The maximum atomic E-state index is 11.3. The molecule has 2 nitrogen and oxygen atoms in total. The summed E-state index contributed by atoms with van der Waals surface area (Å²) in [6.45, 7) is 7.58. The summed E-state index contributed by atoms with van der Waals surface area (Å²) in [6.07, 6.45) is 5.64. The van der Waals surface area contributed by atoms with Crippen LogP contribution in [-0.4, -0.2) is 17.5 Å². The van der Waals surface area contributed by atoms with Crippen molar-refractivity contribution in [1.29, 1.82) is 0 Å². The Kier molecular flexibility index (Phi) is 5.71. The molecule has 0 fully saturated rings. The fourth-order valence-electron chi connectivity index (χ4n) is 2.01. The van der Waals surface area contributed by atoms with E-state index in [0.717, 1.165) is 16.7 Å². The number of ketones is 1. The molecule has 19 heavy (non-hydrogen) atoms. The predicted octanol–water partition coefficient (Wildman–Crippen LogP) is 3.64. The van der Waals surface area contributed by atoms with E-state index >= 15 is 0 Å². The van der Waals surface area contributed by atoms with Crippen LogP contribution in [0.3, 0.4) is 0 Å². The molecule has 0 amide bonds. The molecule has 0 radical (unpaired) electrons. The average molecular weight is 258 g/mol. The van der Waals surface area contributed by atoms with Crippen molar-refractivity contribution in [3.05, 3.63) is 52.6 Å². The minimum absolute atomic E-state index is 0.0318. The molecular formula is C17H22O2. The van der Waals surface area contributed by atoms with Crippen molar-refractivity contribution in [2.24, 2.45) is 0 Å². The van der Waals surface area contributed by atoms with Gasteiger partial charge in [-0.15, -0.1) is 0 Å². The van der Waals surface area contributed by atoms with Crippen molar-refractivity contribution in [3.8, 4) is 0 Å². The van der Waals surface area contributed by atoms with E-state index in [-0.39, 0.29) is 18.3 Å². The molecule has 0 aromatic heterocycles. The summed E-state index contributed by atoms with van der Waals surface area (Å²) in [6, 6.07) is 6.24. The maximum Gasteiger partial charge on any atom is 0.155 e. The quantitative estimate of drug-likeness (QED) is 0.819. The van der Waals surface area contributed by atoms with Gasteiger partial charge in [0.05, 0.1) is 6.61 Å². The summed E-state index contributed by atoms with van der Waals surface area (Å²) in [7, 11) is 0. The minimum atomic E-state index is 0.0318. The van der Waals surface area contributed by atoms with E-state index in [0.29, 0.717) is 0 Å². The third-order valence-corrected chi connectivity index (χ3v) is 3.19. The van der Waals surface area contributed by atoms with Gasteiger partial charge in [0.15, 0.2) is 5.78 Å². The van der Waals surface area contributed by atoms with Gasteiger partial charge in [-0.1, -0.05) is 48.9 Å². The largest absolute Gasteiger partial charge is 0.392 e. The molecule has 102 valence electrons. The van der Waals surface area contributed by atoms with Gasteiger partial charge in [0.25, 0.3) is 0 Å². The summed E-state index contributed by atoms with van der Waals surface area (Å²) >= 11 is 0. The van der Waals surface area contributed by atoms with Crippen molar-refractivity contribution in [2.75, 3.05) is 6.61 Å². The molecule has 0 heterocycles. The van der Waals surface area contributed by atoms with Gasteiger partial charge in [-0.2, -0.15) is 0 Å². The van der Waals surface area contributed by atoms with E-state index in [1.807, 2.05) is 26.0 Å². The summed E-state index contributed by atoms with van der Waals surface area (Å²) in [4.78, 5) is 11.3. The zero-order valence-corrected chi connectivity index (χ0v) is 12.1. The molecule has 1 N–H and O–H groups in total. The average Bonchev–Trinajstić information content (AvgIpc) is 2.35. The third kappa shape index (κ3) is 4.49. The van der Waals surface area contributed by atoms with Gasteiger partial charge in [0.1, 0.15) is 0 Å². The normalized spacial score (nSPS) is 13.8. The lowest BCUT2D eigenvalue weighted by Gasteiger charge is -2.13. The first-order valence-corrected chi connectivity index (χ1v) is 6.53. The number of hydrogen-bond donors (Lipinski definition) is 1. The van der Waals surface area contributed by atoms with Crippen molar-refractivity contribution >= 4 is 11.9 Å². The van der Waals surface area contributed by atoms with Gasteiger partial charge >= 0.3 is 0 Å². The highest BCUT2D eigenvalue weighted by atomic mass is 16.2. The Labute approximate surface area is 115 Å². The number of allylic oxidation sites excluding steroid dienone is 2. The van der Waals surface area contributed by atoms with Crippen LogP contribution in [0.15, 0.2) is 35.9 Å². The minimum Gasteiger partial charge on any atom is -0.392 e. The molecule has 1 aromatic carbocycles. The Balaban J connectivity index is 3.15. The predicted molar refractivity (Wildman–Crippen MR) is 80.2 cm³/mol. The number of benzene rings is 1. The van der Waals surface area contributed by atoms with Crippen molar-refractivity contribution in [2.45, 2.75) is 33.6 Å².